The number of pyridine rings is 1. The summed E-state index contributed by atoms with van der Waals surface area (Å²) in [4.78, 5) is 13.8. The van der Waals surface area contributed by atoms with Gasteiger partial charge < -0.3 is 0 Å². The summed E-state index contributed by atoms with van der Waals surface area (Å²) in [5.74, 6) is 0. The number of nitro groups is 1. The van der Waals surface area contributed by atoms with Crippen LogP contribution in [-0.2, 0) is 0 Å². The van der Waals surface area contributed by atoms with Crippen molar-refractivity contribution in [3.05, 3.63) is 62.7 Å². The fraction of sp³-hybridized carbons (Fsp3) is 0. The van der Waals surface area contributed by atoms with Gasteiger partial charge in [0, 0.05) is 34.6 Å². The summed E-state index contributed by atoms with van der Waals surface area (Å²) in [6.07, 6.45) is 3.50. The Morgan fingerprint density at radius 1 is 1.16 bits per heavy atom. The van der Waals surface area contributed by atoms with Gasteiger partial charge >= 0.3 is 0 Å². The molecule has 0 bridgehead atoms. The van der Waals surface area contributed by atoms with Crippen molar-refractivity contribution in [3.8, 4) is 0 Å². The number of hydrogen-bond donors (Lipinski definition) is 0. The molecule has 0 aliphatic heterocycles. The molecule has 96 valence electrons. The molecule has 0 aliphatic rings. The number of nitrogens with zero attached hydrogens (tertiary/aromatic N) is 2. The molecule has 0 spiro atoms. The standard InChI is InChI=1S/C7H3NO2S3.C5H5N/c9-8(10)4-1-2-6-5(3-4)7(11)13-12-6;1-2-4-6-5-3-1/h1-3H;1-5H. The van der Waals surface area contributed by atoms with Crippen molar-refractivity contribution in [2.24, 2.45) is 0 Å². The molecule has 19 heavy (non-hydrogen) atoms. The van der Waals surface area contributed by atoms with Crippen LogP contribution in [0.3, 0.4) is 0 Å². The van der Waals surface area contributed by atoms with Gasteiger partial charge in [-0.2, -0.15) is 0 Å². The monoisotopic (exact) mass is 308 g/mol. The lowest BCUT2D eigenvalue weighted by molar-refractivity contribution is -0.384. The van der Waals surface area contributed by atoms with E-state index in [1.54, 1.807) is 28.8 Å². The normalized spacial score (nSPS) is 9.68. The SMILES string of the molecule is O=[N+]([O-])c1ccc2ssc(=S)c2c1.c1ccncc1. The van der Waals surface area contributed by atoms with E-state index in [0.717, 1.165) is 13.9 Å². The molecule has 0 aliphatic carbocycles. The molecule has 4 nitrogen and oxygen atoms in total. The Kier molecular flexibility index (Phi) is 4.67. The van der Waals surface area contributed by atoms with Gasteiger partial charge in [0.25, 0.3) is 5.69 Å². The predicted octanol–water partition coefficient (Wildman–Crippen LogP) is 4.68. The van der Waals surface area contributed by atoms with E-state index in [4.69, 9.17) is 12.2 Å². The average molecular weight is 308 g/mol. The number of fused-ring (bicyclic) bond motifs is 1. The Morgan fingerprint density at radius 3 is 2.42 bits per heavy atom. The van der Waals surface area contributed by atoms with E-state index in [1.165, 1.54) is 22.5 Å². The molecule has 3 aromatic rings. The number of non-ortho nitro benzene ring substituents is 1. The summed E-state index contributed by atoms with van der Waals surface area (Å²) in [6.45, 7) is 0. The Labute approximate surface area is 121 Å². The van der Waals surface area contributed by atoms with Crippen molar-refractivity contribution >= 4 is 48.7 Å². The maximum absolute atomic E-state index is 10.5. The van der Waals surface area contributed by atoms with Crippen LogP contribution in [0, 0.1) is 13.9 Å². The maximum atomic E-state index is 10.5. The zero-order chi connectivity index (χ0) is 13.7. The summed E-state index contributed by atoms with van der Waals surface area (Å²) < 4.78 is 1.74. The second-order valence-corrected chi connectivity index (χ2v) is 6.26. The van der Waals surface area contributed by atoms with Gasteiger partial charge in [0.05, 0.1) is 4.92 Å². The van der Waals surface area contributed by atoms with Crippen LogP contribution in [0.1, 0.15) is 0 Å². The highest BCUT2D eigenvalue weighted by molar-refractivity contribution is 7.81. The van der Waals surface area contributed by atoms with Gasteiger partial charge in [0.1, 0.15) is 3.82 Å². The number of rotatable bonds is 1. The van der Waals surface area contributed by atoms with Crippen molar-refractivity contribution in [3.63, 3.8) is 0 Å². The molecule has 0 amide bonds. The first-order valence-electron chi connectivity index (χ1n) is 5.21. The van der Waals surface area contributed by atoms with Gasteiger partial charge in [-0.25, -0.2) is 0 Å². The van der Waals surface area contributed by atoms with E-state index in [0.29, 0.717) is 0 Å². The van der Waals surface area contributed by atoms with Crippen molar-refractivity contribution in [1.82, 2.24) is 4.98 Å². The zero-order valence-electron chi connectivity index (χ0n) is 9.55. The average Bonchev–Trinajstić information content (AvgIpc) is 2.82. The molecule has 0 saturated carbocycles. The third-order valence-electron chi connectivity index (χ3n) is 2.17. The van der Waals surface area contributed by atoms with E-state index in [9.17, 15) is 10.1 Å². The molecule has 1 aromatic carbocycles. The summed E-state index contributed by atoms with van der Waals surface area (Å²) >= 11 is 5.04. The van der Waals surface area contributed by atoms with Gasteiger partial charge in [0.2, 0.25) is 0 Å². The molecule has 2 aromatic heterocycles. The Hall–Kier alpha value is -1.70. The smallest absolute Gasteiger partial charge is 0.265 e. The zero-order valence-corrected chi connectivity index (χ0v) is 12.0. The fourth-order valence-electron chi connectivity index (χ4n) is 1.30. The lowest BCUT2D eigenvalue weighted by Gasteiger charge is -1.89. The van der Waals surface area contributed by atoms with Crippen molar-refractivity contribution in [2.45, 2.75) is 0 Å². The van der Waals surface area contributed by atoms with Crippen LogP contribution < -0.4 is 0 Å². The summed E-state index contributed by atoms with van der Waals surface area (Å²) in [7, 11) is 3.02. The first-order chi connectivity index (χ1) is 9.18. The summed E-state index contributed by atoms with van der Waals surface area (Å²) in [6, 6.07) is 10.5. The molecule has 0 N–H and O–H groups in total. The van der Waals surface area contributed by atoms with Gasteiger partial charge in [0.15, 0.2) is 0 Å². The number of aromatic nitrogens is 1. The molecule has 0 atom stereocenters. The van der Waals surface area contributed by atoms with Crippen LogP contribution in [-0.4, -0.2) is 9.91 Å². The Balaban J connectivity index is 0.000000186. The summed E-state index contributed by atoms with van der Waals surface area (Å²) in [5.41, 5.74) is 0.101. The first-order valence-corrected chi connectivity index (χ1v) is 7.76. The second-order valence-electron chi connectivity index (χ2n) is 3.42. The molecular weight excluding hydrogens is 300 g/mol. The lowest BCUT2D eigenvalue weighted by Crippen LogP contribution is -1.85. The van der Waals surface area contributed by atoms with Crippen LogP contribution >= 0.6 is 32.9 Å². The highest BCUT2D eigenvalue weighted by atomic mass is 32.9. The van der Waals surface area contributed by atoms with Crippen molar-refractivity contribution in [1.29, 1.82) is 0 Å². The van der Waals surface area contributed by atoms with E-state index in [-0.39, 0.29) is 5.69 Å². The first kappa shape index (κ1) is 13.7. The highest BCUT2D eigenvalue weighted by Crippen LogP contribution is 2.30. The minimum atomic E-state index is -0.406. The molecule has 0 saturated heterocycles. The second kappa shape index (κ2) is 6.46. The van der Waals surface area contributed by atoms with E-state index in [2.05, 4.69) is 4.98 Å². The largest absolute Gasteiger partial charge is 0.270 e. The van der Waals surface area contributed by atoms with Gasteiger partial charge in [-0.1, -0.05) is 39.0 Å². The van der Waals surface area contributed by atoms with Crippen LogP contribution in [0.4, 0.5) is 5.69 Å². The van der Waals surface area contributed by atoms with Crippen LogP contribution in [0.2, 0.25) is 0 Å². The minimum Gasteiger partial charge on any atom is -0.265 e. The van der Waals surface area contributed by atoms with Gasteiger partial charge in [-0.3, -0.25) is 15.1 Å². The summed E-state index contributed by atoms with van der Waals surface area (Å²) in [5, 5.41) is 11.3. The fourth-order valence-corrected chi connectivity index (χ4v) is 3.91. The van der Waals surface area contributed by atoms with E-state index in [1.807, 2.05) is 18.2 Å². The molecule has 0 radical (unpaired) electrons. The predicted molar refractivity (Wildman–Crippen MR) is 81.4 cm³/mol. The molecule has 0 unspecified atom stereocenters. The van der Waals surface area contributed by atoms with Crippen molar-refractivity contribution in [2.75, 3.05) is 0 Å². The molecule has 2 heterocycles. The van der Waals surface area contributed by atoms with Gasteiger partial charge in [-0.15, -0.1) is 0 Å². The van der Waals surface area contributed by atoms with E-state index >= 15 is 0 Å². The third kappa shape index (κ3) is 3.63. The van der Waals surface area contributed by atoms with Crippen LogP contribution in [0.5, 0.6) is 0 Å². The molecular formula is C12H8N2O2S3. The quantitative estimate of drug-likeness (QED) is 0.283. The van der Waals surface area contributed by atoms with Crippen LogP contribution in [0.15, 0.2) is 48.8 Å². The number of hydrogen-bond acceptors (Lipinski definition) is 6. The van der Waals surface area contributed by atoms with Crippen LogP contribution in [0.25, 0.3) is 10.1 Å². The Morgan fingerprint density at radius 2 is 1.89 bits per heavy atom. The topological polar surface area (TPSA) is 56.0 Å². The lowest BCUT2D eigenvalue weighted by atomic mass is 10.2. The Bertz CT molecular complexity index is 711. The minimum absolute atomic E-state index is 0.101. The van der Waals surface area contributed by atoms with E-state index < -0.39 is 4.92 Å². The van der Waals surface area contributed by atoms with Gasteiger partial charge in [-0.05, 0) is 18.2 Å². The molecule has 0 fully saturated rings. The van der Waals surface area contributed by atoms with Crippen molar-refractivity contribution < 1.29 is 4.92 Å². The maximum Gasteiger partial charge on any atom is 0.270 e. The number of nitro benzene ring substituents is 1. The molecule has 7 heteroatoms. The molecule has 3 rings (SSSR count). The number of benzene rings is 1. The third-order valence-corrected chi connectivity index (χ3v) is 5.23. The highest BCUT2D eigenvalue weighted by Gasteiger charge is 2.07.